The first kappa shape index (κ1) is 41.7. The third-order valence-electron chi connectivity index (χ3n) is 11.4. The molecular formula is C36H52N8O10S2. The van der Waals surface area contributed by atoms with Gasteiger partial charge in [0.2, 0.25) is 27.6 Å². The summed E-state index contributed by atoms with van der Waals surface area (Å²) in [6.45, 7) is 2.98. The van der Waals surface area contributed by atoms with Crippen LogP contribution in [0.15, 0.2) is 35.4 Å². The fourth-order valence-corrected chi connectivity index (χ4v) is 10.9. The molecule has 2 aromatic rings. The van der Waals surface area contributed by atoms with E-state index in [1.54, 1.807) is 0 Å². The maximum Gasteiger partial charge on any atom is 0.287 e. The van der Waals surface area contributed by atoms with Gasteiger partial charge in [-0.25, -0.2) is 17.8 Å². The summed E-state index contributed by atoms with van der Waals surface area (Å²) in [5.74, 6) is -4.83. The summed E-state index contributed by atoms with van der Waals surface area (Å²) < 4.78 is 50.1. The van der Waals surface area contributed by atoms with Crippen molar-refractivity contribution >= 4 is 50.0 Å². The molecule has 0 radical (unpaired) electrons. The van der Waals surface area contributed by atoms with Gasteiger partial charge in [0.05, 0.1) is 22.8 Å². The van der Waals surface area contributed by atoms with E-state index in [-0.39, 0.29) is 66.2 Å². The number of sulfonamides is 1. The van der Waals surface area contributed by atoms with Crippen molar-refractivity contribution in [2.24, 2.45) is 11.7 Å². The molecule has 4 aliphatic rings. The van der Waals surface area contributed by atoms with E-state index in [2.05, 4.69) is 25.7 Å². The summed E-state index contributed by atoms with van der Waals surface area (Å²) >= 11 is 0. The van der Waals surface area contributed by atoms with Gasteiger partial charge in [0.1, 0.15) is 23.2 Å². The van der Waals surface area contributed by atoms with Crippen LogP contribution < -0.4 is 21.1 Å². The van der Waals surface area contributed by atoms with E-state index >= 15 is 0 Å². The molecule has 3 heterocycles. The minimum Gasteiger partial charge on any atom is -0.384 e. The van der Waals surface area contributed by atoms with Crippen molar-refractivity contribution in [3.63, 3.8) is 0 Å². The van der Waals surface area contributed by atoms with E-state index in [9.17, 15) is 46.6 Å². The van der Waals surface area contributed by atoms with Crippen LogP contribution >= 0.6 is 10.6 Å². The monoisotopic (exact) mass is 820 g/mol. The Hall–Kier alpha value is -3.95. The fourth-order valence-electron chi connectivity index (χ4n) is 7.99. The van der Waals surface area contributed by atoms with Crippen LogP contribution in [0.25, 0.3) is 0 Å². The average molecular weight is 821 g/mol. The molecule has 0 spiro atoms. The van der Waals surface area contributed by atoms with Crippen LogP contribution in [0.1, 0.15) is 107 Å². The molecule has 18 nitrogen and oxygen atoms in total. The maximum absolute atomic E-state index is 14.8. The number of hydrogen-bond donors (Lipinski definition) is 7. The number of likely N-dealkylation sites (tertiary alicyclic amines) is 1. The number of aromatic nitrogens is 3. The van der Waals surface area contributed by atoms with Crippen LogP contribution in [0.3, 0.4) is 0 Å². The number of hydrogen-bond acceptors (Lipinski definition) is 12. The molecule has 6 rings (SSSR count). The summed E-state index contributed by atoms with van der Waals surface area (Å²) in [5.41, 5.74) is 2.60. The molecule has 3 atom stereocenters. The number of benzene rings is 1. The van der Waals surface area contributed by atoms with Gasteiger partial charge in [-0.3, -0.25) is 33.1 Å². The number of carbonyl (C=O) groups is 5. The molecule has 308 valence electrons. The normalized spacial score (nSPS) is 23.8. The zero-order valence-corrected chi connectivity index (χ0v) is 33.2. The number of rotatable bonds is 14. The van der Waals surface area contributed by atoms with Gasteiger partial charge in [-0.1, -0.05) is 37.3 Å². The molecule has 4 amide bonds. The molecule has 2 aliphatic heterocycles. The highest BCUT2D eigenvalue weighted by atomic mass is 32.3. The van der Waals surface area contributed by atoms with E-state index < -0.39 is 79.3 Å². The smallest absolute Gasteiger partial charge is 0.287 e. The van der Waals surface area contributed by atoms with Gasteiger partial charge in [-0.05, 0) is 76.1 Å². The van der Waals surface area contributed by atoms with Gasteiger partial charge >= 0.3 is 0 Å². The van der Waals surface area contributed by atoms with Crippen LogP contribution in [0, 0.1) is 5.92 Å². The predicted octanol–water partition coefficient (Wildman–Crippen LogP) is 1.31. The third kappa shape index (κ3) is 9.42. The van der Waals surface area contributed by atoms with E-state index in [0.29, 0.717) is 5.69 Å². The molecule has 0 unspecified atom stereocenters. The van der Waals surface area contributed by atoms with E-state index in [0.717, 1.165) is 44.9 Å². The molecular weight excluding hydrogens is 769 g/mol. The SMILES string of the molecule is CC(C)(O)c1cnnn1[C@H]1C[C@@H](C(=O)NC2(C(=O)C(N)=O)CCS(O)(O)CC2)N(C(=O)[C@@H](CC2CCCCC2)NC(=O)c2ccc(S(=O)(=O)NC3CC3)cc2)C1. The van der Waals surface area contributed by atoms with Crippen molar-refractivity contribution in [2.45, 2.75) is 125 Å². The minimum absolute atomic E-state index is 0.00177. The van der Waals surface area contributed by atoms with E-state index in [1.165, 1.54) is 53.9 Å². The van der Waals surface area contributed by atoms with Gasteiger partial charge < -0.3 is 26.4 Å². The Balaban J connectivity index is 1.30. The Morgan fingerprint density at radius 2 is 1.66 bits per heavy atom. The number of aliphatic hydroxyl groups is 1. The first-order valence-electron chi connectivity index (χ1n) is 19.1. The number of nitrogens with one attached hydrogen (secondary N) is 3. The topological polar surface area (TPSA) is 276 Å². The molecule has 8 N–H and O–H groups in total. The van der Waals surface area contributed by atoms with Gasteiger partial charge in [-0.15, -0.1) is 5.10 Å². The first-order chi connectivity index (χ1) is 26.3. The van der Waals surface area contributed by atoms with Gasteiger partial charge in [0, 0.05) is 36.1 Å². The molecule has 0 bridgehead atoms. The Kier molecular flexibility index (Phi) is 12.0. The summed E-state index contributed by atoms with van der Waals surface area (Å²) in [6, 6.07) is 2.23. The number of nitrogens with zero attached hydrogens (tertiary/aromatic N) is 4. The predicted molar refractivity (Wildman–Crippen MR) is 204 cm³/mol. The van der Waals surface area contributed by atoms with Crippen LogP contribution in [0.2, 0.25) is 0 Å². The lowest BCUT2D eigenvalue weighted by Crippen LogP contribution is -2.64. The summed E-state index contributed by atoms with van der Waals surface area (Å²) in [4.78, 5) is 69.8. The minimum atomic E-state index is -3.77. The number of primary amides is 1. The van der Waals surface area contributed by atoms with Crippen molar-refractivity contribution in [3.05, 3.63) is 41.7 Å². The quantitative estimate of drug-likeness (QED) is 0.133. The lowest BCUT2D eigenvalue weighted by Gasteiger charge is -2.45. The van der Waals surface area contributed by atoms with Crippen molar-refractivity contribution in [3.8, 4) is 0 Å². The highest BCUT2D eigenvalue weighted by Gasteiger charge is 2.51. The van der Waals surface area contributed by atoms with Crippen molar-refractivity contribution in [1.82, 2.24) is 35.2 Å². The zero-order valence-electron chi connectivity index (χ0n) is 31.6. The molecule has 2 saturated carbocycles. The molecule has 2 saturated heterocycles. The van der Waals surface area contributed by atoms with Crippen molar-refractivity contribution < 1.29 is 46.6 Å². The zero-order chi connectivity index (χ0) is 40.6. The molecule has 20 heteroatoms. The summed E-state index contributed by atoms with van der Waals surface area (Å²) in [5, 5.41) is 24.6. The fraction of sp³-hybridized carbons (Fsp3) is 0.639. The molecule has 2 aliphatic carbocycles. The second-order valence-electron chi connectivity index (χ2n) is 16.2. The van der Waals surface area contributed by atoms with Crippen LogP contribution in [-0.2, 0) is 34.8 Å². The van der Waals surface area contributed by atoms with Crippen molar-refractivity contribution in [1.29, 1.82) is 0 Å². The van der Waals surface area contributed by atoms with Crippen LogP contribution in [0.4, 0.5) is 0 Å². The molecule has 56 heavy (non-hydrogen) atoms. The number of nitrogens with two attached hydrogens (primary N) is 1. The van der Waals surface area contributed by atoms with Crippen LogP contribution in [0.5, 0.6) is 0 Å². The van der Waals surface area contributed by atoms with Gasteiger partial charge in [-0.2, -0.15) is 10.6 Å². The molecule has 1 aromatic heterocycles. The van der Waals surface area contributed by atoms with Crippen LogP contribution in [-0.4, -0.2) is 114 Å². The first-order valence-corrected chi connectivity index (χ1v) is 22.4. The summed E-state index contributed by atoms with van der Waals surface area (Å²) in [6.07, 6.45) is 7.19. The van der Waals surface area contributed by atoms with Crippen molar-refractivity contribution in [2.75, 3.05) is 18.1 Å². The lowest BCUT2D eigenvalue weighted by atomic mass is 9.84. The van der Waals surface area contributed by atoms with Gasteiger partial charge in [0.15, 0.2) is 0 Å². The Labute approximate surface area is 327 Å². The Morgan fingerprint density at radius 1 is 1.02 bits per heavy atom. The van der Waals surface area contributed by atoms with E-state index in [4.69, 9.17) is 5.73 Å². The molecule has 4 fully saturated rings. The summed E-state index contributed by atoms with van der Waals surface area (Å²) in [7, 11) is -6.82. The average Bonchev–Trinajstić information content (AvgIpc) is 3.60. The highest BCUT2D eigenvalue weighted by molar-refractivity contribution is 8.24. The Morgan fingerprint density at radius 3 is 2.25 bits per heavy atom. The number of amides is 4. The highest BCUT2D eigenvalue weighted by Crippen LogP contribution is 2.47. The maximum atomic E-state index is 14.8. The van der Waals surface area contributed by atoms with E-state index in [1.807, 2.05) is 0 Å². The standard InChI is InChI=1S/C36H52N8O10S2/c1-35(2,50)29-20-38-42-44(29)25-19-28(33(48)40-36(30(45)31(37)46)14-16-55(51,52)17-15-36)43(21-25)34(49)27(18-22-6-4-3-5-7-22)39-32(47)23-8-12-26(13-9-23)56(53,54)41-24-10-11-24/h8-9,12-13,20,22,24-25,27-28,41,50-52H,3-7,10-11,14-19,21H2,1-2H3,(H2,37,46)(H,39,47)(H,40,48)/t25-,27+,28-/m0/s1. The largest absolute Gasteiger partial charge is 0.384 e. The number of carbonyl (C=O) groups excluding carboxylic acids is 5. The second kappa shape index (κ2) is 16.1. The third-order valence-corrected chi connectivity index (χ3v) is 14.6. The number of ketones is 1. The van der Waals surface area contributed by atoms with Gasteiger partial charge in [0.25, 0.3) is 11.8 Å². The number of Topliss-reactive ketones (excluding diaryl/α,β-unsaturated/α-hetero) is 1. The second-order valence-corrected chi connectivity index (χ2v) is 20.3. The molecule has 1 aromatic carbocycles. The lowest BCUT2D eigenvalue weighted by molar-refractivity contribution is -0.145. The Bertz CT molecular complexity index is 1930.